The molecule has 0 aliphatic rings. The molecule has 7 nitrogen and oxygen atoms in total. The van der Waals surface area contributed by atoms with Gasteiger partial charge in [0, 0.05) is 44.2 Å². The van der Waals surface area contributed by atoms with Crippen LogP contribution < -0.4 is 0 Å². The first-order valence-electron chi connectivity index (χ1n) is 23.5. The summed E-state index contributed by atoms with van der Waals surface area (Å²) >= 11 is 0. The summed E-state index contributed by atoms with van der Waals surface area (Å²) in [6, 6.07) is 75.3. The fourth-order valence-electron chi connectivity index (χ4n) is 10.0. The van der Waals surface area contributed by atoms with Crippen LogP contribution in [-0.4, -0.2) is 34.5 Å². The van der Waals surface area contributed by atoms with Gasteiger partial charge < -0.3 is 4.57 Å². The van der Waals surface area contributed by atoms with E-state index in [2.05, 4.69) is 122 Å². The van der Waals surface area contributed by atoms with Gasteiger partial charge in [0.25, 0.3) is 0 Å². The lowest BCUT2D eigenvalue weighted by Crippen LogP contribution is -2.06. The van der Waals surface area contributed by atoms with Gasteiger partial charge in [-0.2, -0.15) is 0 Å². The minimum atomic E-state index is 0.619. The lowest BCUT2D eigenvalue weighted by Gasteiger charge is -2.25. The summed E-state index contributed by atoms with van der Waals surface area (Å²) < 4.78 is 2.46. The highest BCUT2D eigenvalue weighted by Gasteiger charge is 2.24. The minimum Gasteiger partial charge on any atom is -0.309 e. The maximum atomic E-state index is 5.04. The molecule has 0 aliphatic heterocycles. The molecule has 70 heavy (non-hydrogen) atoms. The summed E-state index contributed by atoms with van der Waals surface area (Å²) in [5, 5.41) is 2.44. The number of nitrogens with zero attached hydrogens (tertiary/aromatic N) is 7. The van der Waals surface area contributed by atoms with Gasteiger partial charge in [-0.05, 0) is 71.8 Å². The second-order valence-corrected chi connectivity index (χ2v) is 17.6. The minimum absolute atomic E-state index is 0.619. The first kappa shape index (κ1) is 42.2. The summed E-state index contributed by atoms with van der Waals surface area (Å²) in [7, 11) is 0. The molecule has 0 unspecified atom stereocenters. The Morgan fingerprint density at radius 1 is 0.243 bits per heavy atom. The van der Waals surface area contributed by atoms with E-state index < -0.39 is 0 Å². The van der Waals surface area contributed by atoms with Crippen LogP contribution in [-0.2, 0) is 0 Å². The van der Waals surface area contributed by atoms with Crippen molar-refractivity contribution in [2.75, 3.05) is 0 Å². The number of hydrogen-bond donors (Lipinski definition) is 0. The molecule has 0 amide bonds. The molecule has 0 radical (unpaired) electrons. The van der Waals surface area contributed by atoms with Crippen molar-refractivity contribution in [1.29, 1.82) is 0 Å². The Labute approximate surface area is 406 Å². The predicted molar refractivity (Wildman–Crippen MR) is 285 cm³/mol. The summed E-state index contributed by atoms with van der Waals surface area (Å²) in [5.74, 6) is 3.77. The zero-order valence-electron chi connectivity index (χ0n) is 38.9. The number of hydrogen-bond acceptors (Lipinski definition) is 6. The van der Waals surface area contributed by atoms with Gasteiger partial charge in [0.1, 0.15) is 0 Å². The molecule has 0 saturated carbocycles. The monoisotopic (exact) mass is 899 g/mol. The van der Waals surface area contributed by atoms with Gasteiger partial charge in [-0.3, -0.25) is 0 Å². The van der Waals surface area contributed by atoms with Crippen molar-refractivity contribution < 1.29 is 0 Å². The Morgan fingerprint density at radius 2 is 0.486 bits per heavy atom. The maximum absolute atomic E-state index is 5.04. The van der Waals surface area contributed by atoms with E-state index in [-0.39, 0.29) is 0 Å². The molecule has 3 aromatic heterocycles. The van der Waals surface area contributed by atoms with E-state index >= 15 is 0 Å². The number of rotatable bonds is 9. The normalized spacial score (nSPS) is 11.4. The molecule has 0 fully saturated rings. The maximum Gasteiger partial charge on any atom is 0.164 e. The third kappa shape index (κ3) is 7.60. The van der Waals surface area contributed by atoms with Crippen LogP contribution in [0.15, 0.2) is 218 Å². The third-order valence-corrected chi connectivity index (χ3v) is 13.3. The van der Waals surface area contributed by atoms with Crippen molar-refractivity contribution in [2.45, 2.75) is 20.8 Å². The fourth-order valence-corrected chi connectivity index (χ4v) is 10.0. The molecular formula is C63H45N7. The number of aromatic nitrogens is 7. The molecule has 0 saturated heterocycles. The van der Waals surface area contributed by atoms with E-state index in [1.54, 1.807) is 0 Å². The second-order valence-electron chi connectivity index (χ2n) is 17.6. The third-order valence-electron chi connectivity index (χ3n) is 13.3. The van der Waals surface area contributed by atoms with Gasteiger partial charge in [0.15, 0.2) is 34.9 Å². The Bertz CT molecular complexity index is 3500. The zero-order chi connectivity index (χ0) is 47.1. The highest BCUT2D eigenvalue weighted by atomic mass is 15.0. The average Bonchev–Trinajstić information content (AvgIpc) is 3.75. The van der Waals surface area contributed by atoms with E-state index in [0.29, 0.717) is 34.9 Å². The van der Waals surface area contributed by atoms with Gasteiger partial charge >= 0.3 is 0 Å². The number of para-hydroxylation sites is 2. The molecule has 0 N–H and O–H groups in total. The molecule has 0 aliphatic carbocycles. The van der Waals surface area contributed by atoms with Gasteiger partial charge in [-0.15, -0.1) is 0 Å². The summed E-state index contributed by atoms with van der Waals surface area (Å²) in [5.41, 5.74) is 17.2. The van der Waals surface area contributed by atoms with E-state index in [1.807, 2.05) is 121 Å². The smallest absolute Gasteiger partial charge is 0.164 e. The number of fused-ring (bicyclic) bond motifs is 3. The van der Waals surface area contributed by atoms with Crippen LogP contribution in [0.5, 0.6) is 0 Å². The highest BCUT2D eigenvalue weighted by molar-refractivity contribution is 6.10. The van der Waals surface area contributed by atoms with Gasteiger partial charge in [-0.1, -0.05) is 206 Å². The molecule has 0 bridgehead atoms. The standard InChI is InChI=1S/C63H45N7/c1-40-55(43-32-36-49(37-33-43)62-66-58(45-20-8-4-9-21-45)64-59(67-62)46-22-10-5-11-23-46)41(2)57(70-53-30-18-16-28-51(53)52-29-17-19-31-54(52)70)42(3)56(40)44-34-38-50(39-35-44)63-68-60(47-24-12-6-13-25-47)65-61(69-63)48-26-14-7-15-27-48/h4-39H,1-3H3. The Balaban J connectivity index is 1.02. The second kappa shape index (κ2) is 17.8. The molecule has 0 spiro atoms. The van der Waals surface area contributed by atoms with Gasteiger partial charge in [-0.25, -0.2) is 29.9 Å². The molecule has 9 aromatic carbocycles. The van der Waals surface area contributed by atoms with Gasteiger partial charge in [0.2, 0.25) is 0 Å². The molecule has 332 valence electrons. The van der Waals surface area contributed by atoms with Crippen LogP contribution in [0.3, 0.4) is 0 Å². The fraction of sp³-hybridized carbons (Fsp3) is 0.0476. The van der Waals surface area contributed by atoms with Crippen molar-refractivity contribution in [2.24, 2.45) is 0 Å². The summed E-state index contributed by atoms with van der Waals surface area (Å²) in [4.78, 5) is 30.0. The van der Waals surface area contributed by atoms with Crippen molar-refractivity contribution in [1.82, 2.24) is 34.5 Å². The molecule has 0 atom stereocenters. The lowest BCUT2D eigenvalue weighted by atomic mass is 9.84. The topological polar surface area (TPSA) is 82.3 Å². The van der Waals surface area contributed by atoms with Crippen LogP contribution in [0.2, 0.25) is 0 Å². The first-order valence-corrected chi connectivity index (χ1v) is 23.5. The van der Waals surface area contributed by atoms with Crippen LogP contribution in [0.1, 0.15) is 16.7 Å². The van der Waals surface area contributed by atoms with E-state index in [1.165, 1.54) is 38.6 Å². The molecule has 3 heterocycles. The SMILES string of the molecule is Cc1c(-c2ccc(-c3nc(-c4ccccc4)nc(-c4ccccc4)n3)cc2)c(C)c(-n2c3ccccc3c3ccccc32)c(C)c1-c1ccc(-c2nc(-c3ccccc3)nc(-c3ccccc3)n2)cc1. The van der Waals surface area contributed by atoms with Crippen molar-refractivity contribution in [3.8, 4) is 96.3 Å². The first-order chi connectivity index (χ1) is 34.5. The molecule has 7 heteroatoms. The quantitative estimate of drug-likeness (QED) is 0.144. The zero-order valence-corrected chi connectivity index (χ0v) is 38.9. The number of benzene rings is 9. The molecule has 12 rings (SSSR count). The van der Waals surface area contributed by atoms with Gasteiger partial charge in [0.05, 0.1) is 16.7 Å². The van der Waals surface area contributed by atoms with Crippen molar-refractivity contribution in [3.05, 3.63) is 235 Å². The van der Waals surface area contributed by atoms with Crippen LogP contribution in [0.4, 0.5) is 0 Å². The Morgan fingerprint density at radius 3 is 0.786 bits per heavy atom. The Kier molecular flexibility index (Phi) is 10.7. The Hall–Kier alpha value is -9.20. The molecule has 12 aromatic rings. The molecular weight excluding hydrogens is 855 g/mol. The average molecular weight is 900 g/mol. The van der Waals surface area contributed by atoms with E-state index in [9.17, 15) is 0 Å². The summed E-state index contributed by atoms with van der Waals surface area (Å²) in [6.07, 6.45) is 0. The van der Waals surface area contributed by atoms with Crippen molar-refractivity contribution >= 4 is 21.8 Å². The van der Waals surface area contributed by atoms with E-state index in [4.69, 9.17) is 29.9 Å². The van der Waals surface area contributed by atoms with E-state index in [0.717, 1.165) is 61.2 Å². The predicted octanol–water partition coefficient (Wildman–Crippen LogP) is 15.4. The van der Waals surface area contributed by atoms with Crippen LogP contribution in [0, 0.1) is 20.8 Å². The highest BCUT2D eigenvalue weighted by Crippen LogP contribution is 2.45. The van der Waals surface area contributed by atoms with Crippen LogP contribution in [0.25, 0.3) is 118 Å². The largest absolute Gasteiger partial charge is 0.309 e. The van der Waals surface area contributed by atoms with Crippen molar-refractivity contribution in [3.63, 3.8) is 0 Å². The summed E-state index contributed by atoms with van der Waals surface area (Å²) in [6.45, 7) is 6.81. The lowest BCUT2D eigenvalue weighted by molar-refractivity contribution is 1.07. The van der Waals surface area contributed by atoms with Crippen LogP contribution >= 0.6 is 0 Å².